The summed E-state index contributed by atoms with van der Waals surface area (Å²) < 4.78 is 4.88. The summed E-state index contributed by atoms with van der Waals surface area (Å²) in [5.74, 6) is -0.104. The lowest BCUT2D eigenvalue weighted by Gasteiger charge is -2.19. The van der Waals surface area contributed by atoms with Crippen molar-refractivity contribution in [2.75, 3.05) is 25.1 Å². The van der Waals surface area contributed by atoms with Crippen LogP contribution in [0, 0.1) is 11.3 Å². The molecule has 0 aliphatic carbocycles. The van der Waals surface area contributed by atoms with Crippen molar-refractivity contribution in [3.05, 3.63) is 29.8 Å². The fourth-order valence-corrected chi connectivity index (χ4v) is 1.95. The Hall–Kier alpha value is -2.02. The molecule has 0 bridgehead atoms. The van der Waals surface area contributed by atoms with Crippen LogP contribution < -0.4 is 4.90 Å². The van der Waals surface area contributed by atoms with Crippen molar-refractivity contribution in [1.82, 2.24) is 0 Å². The van der Waals surface area contributed by atoms with Crippen LogP contribution in [0.4, 0.5) is 5.69 Å². The maximum atomic E-state index is 11.2. The Morgan fingerprint density at radius 2 is 1.95 bits per heavy atom. The number of benzene rings is 1. The van der Waals surface area contributed by atoms with Gasteiger partial charge in [-0.25, -0.2) is 0 Å². The van der Waals surface area contributed by atoms with Crippen molar-refractivity contribution in [3.8, 4) is 6.07 Å². The van der Waals surface area contributed by atoms with Gasteiger partial charge in [0.05, 0.1) is 18.2 Å². The van der Waals surface area contributed by atoms with Crippen molar-refractivity contribution < 1.29 is 9.53 Å². The van der Waals surface area contributed by atoms with Crippen LogP contribution in [0.2, 0.25) is 0 Å². The Bertz CT molecular complexity index is 449. The zero-order valence-electron chi connectivity index (χ0n) is 12.3. The van der Waals surface area contributed by atoms with Gasteiger partial charge in [-0.2, -0.15) is 5.26 Å². The van der Waals surface area contributed by atoms with Crippen LogP contribution in [-0.2, 0) is 9.53 Å². The van der Waals surface area contributed by atoms with E-state index in [0.29, 0.717) is 18.6 Å². The van der Waals surface area contributed by atoms with Gasteiger partial charge in [-0.05, 0) is 44.0 Å². The zero-order chi connectivity index (χ0) is 14.8. The number of nitrogens with zero attached hydrogens (tertiary/aromatic N) is 2. The van der Waals surface area contributed by atoms with E-state index in [4.69, 9.17) is 10.00 Å². The SMILES string of the molecule is CCOC(=O)CCCCCN(C)c1ccc(C#N)cc1. The molecule has 108 valence electrons. The van der Waals surface area contributed by atoms with Crippen molar-refractivity contribution >= 4 is 11.7 Å². The number of unbranched alkanes of at least 4 members (excludes halogenated alkanes) is 2. The summed E-state index contributed by atoms with van der Waals surface area (Å²) in [6.07, 6.45) is 3.43. The fourth-order valence-electron chi connectivity index (χ4n) is 1.95. The van der Waals surface area contributed by atoms with Crippen molar-refractivity contribution in [1.29, 1.82) is 5.26 Å². The van der Waals surface area contributed by atoms with Gasteiger partial charge in [0.1, 0.15) is 0 Å². The van der Waals surface area contributed by atoms with Crippen LogP contribution in [0.15, 0.2) is 24.3 Å². The molecule has 4 nitrogen and oxygen atoms in total. The molecular weight excluding hydrogens is 252 g/mol. The largest absolute Gasteiger partial charge is 0.466 e. The van der Waals surface area contributed by atoms with E-state index in [1.54, 1.807) is 0 Å². The van der Waals surface area contributed by atoms with E-state index in [0.717, 1.165) is 31.5 Å². The highest BCUT2D eigenvalue weighted by molar-refractivity contribution is 5.69. The van der Waals surface area contributed by atoms with E-state index in [1.165, 1.54) is 0 Å². The van der Waals surface area contributed by atoms with Crippen molar-refractivity contribution in [3.63, 3.8) is 0 Å². The number of nitriles is 1. The van der Waals surface area contributed by atoms with E-state index in [1.807, 2.05) is 38.2 Å². The molecule has 0 heterocycles. The maximum absolute atomic E-state index is 11.2. The van der Waals surface area contributed by atoms with Crippen LogP contribution in [0.5, 0.6) is 0 Å². The van der Waals surface area contributed by atoms with E-state index < -0.39 is 0 Å². The minimum atomic E-state index is -0.104. The number of hydrogen-bond donors (Lipinski definition) is 0. The first-order valence-corrected chi connectivity index (χ1v) is 7.04. The van der Waals surface area contributed by atoms with Crippen molar-refractivity contribution in [2.45, 2.75) is 32.6 Å². The summed E-state index contributed by atoms with van der Waals surface area (Å²) in [7, 11) is 2.03. The first-order valence-electron chi connectivity index (χ1n) is 7.04. The summed E-state index contributed by atoms with van der Waals surface area (Å²) >= 11 is 0. The Kier molecular flexibility index (Phi) is 7.20. The molecule has 0 aliphatic rings. The molecule has 0 unspecified atom stereocenters. The smallest absolute Gasteiger partial charge is 0.305 e. The quantitative estimate of drug-likeness (QED) is 0.540. The third kappa shape index (κ3) is 5.75. The molecule has 0 fully saturated rings. The molecule has 0 aliphatic heterocycles. The summed E-state index contributed by atoms with van der Waals surface area (Å²) in [5, 5.41) is 8.75. The highest BCUT2D eigenvalue weighted by Crippen LogP contribution is 2.14. The summed E-state index contributed by atoms with van der Waals surface area (Å²) in [6, 6.07) is 9.67. The van der Waals surface area contributed by atoms with Gasteiger partial charge in [0.2, 0.25) is 0 Å². The molecular formula is C16H22N2O2. The fraction of sp³-hybridized carbons (Fsp3) is 0.500. The molecule has 0 aromatic heterocycles. The number of rotatable bonds is 8. The summed E-state index contributed by atoms with van der Waals surface area (Å²) in [4.78, 5) is 13.3. The summed E-state index contributed by atoms with van der Waals surface area (Å²) in [6.45, 7) is 3.22. The van der Waals surface area contributed by atoms with E-state index >= 15 is 0 Å². The number of carbonyl (C=O) groups is 1. The second kappa shape index (κ2) is 8.98. The van der Waals surface area contributed by atoms with Crippen LogP contribution >= 0.6 is 0 Å². The van der Waals surface area contributed by atoms with Gasteiger partial charge >= 0.3 is 5.97 Å². The Labute approximate surface area is 121 Å². The molecule has 0 saturated carbocycles. The maximum Gasteiger partial charge on any atom is 0.305 e. The Morgan fingerprint density at radius 1 is 1.25 bits per heavy atom. The minimum absolute atomic E-state index is 0.104. The van der Waals surface area contributed by atoms with Gasteiger partial charge in [-0.3, -0.25) is 4.79 Å². The van der Waals surface area contributed by atoms with E-state index in [9.17, 15) is 4.79 Å². The lowest BCUT2D eigenvalue weighted by Crippen LogP contribution is -2.18. The highest BCUT2D eigenvalue weighted by Gasteiger charge is 2.03. The van der Waals surface area contributed by atoms with Crippen molar-refractivity contribution in [2.24, 2.45) is 0 Å². The molecule has 0 atom stereocenters. The molecule has 0 radical (unpaired) electrons. The lowest BCUT2D eigenvalue weighted by atomic mass is 10.1. The number of esters is 1. The van der Waals surface area contributed by atoms with Crippen LogP contribution in [0.3, 0.4) is 0 Å². The standard InChI is InChI=1S/C16H22N2O2/c1-3-20-16(19)7-5-4-6-12-18(2)15-10-8-14(13-17)9-11-15/h8-11H,3-7,12H2,1-2H3. The lowest BCUT2D eigenvalue weighted by molar-refractivity contribution is -0.143. The molecule has 1 rings (SSSR count). The predicted molar refractivity (Wildman–Crippen MR) is 79.5 cm³/mol. The average molecular weight is 274 g/mol. The molecule has 0 spiro atoms. The minimum Gasteiger partial charge on any atom is -0.466 e. The van der Waals surface area contributed by atoms with Crippen LogP contribution in [0.1, 0.15) is 38.2 Å². The van der Waals surface area contributed by atoms with Gasteiger partial charge in [0.25, 0.3) is 0 Å². The molecule has 0 N–H and O–H groups in total. The summed E-state index contributed by atoms with van der Waals surface area (Å²) in [5.41, 5.74) is 1.78. The average Bonchev–Trinajstić information content (AvgIpc) is 2.47. The third-order valence-electron chi connectivity index (χ3n) is 3.12. The molecule has 20 heavy (non-hydrogen) atoms. The number of carbonyl (C=O) groups excluding carboxylic acids is 1. The number of ether oxygens (including phenoxy) is 1. The number of hydrogen-bond acceptors (Lipinski definition) is 4. The van der Waals surface area contributed by atoms with Gasteiger partial charge in [-0.15, -0.1) is 0 Å². The second-order valence-corrected chi connectivity index (χ2v) is 4.70. The van der Waals surface area contributed by atoms with Gasteiger partial charge in [0, 0.05) is 25.7 Å². The Morgan fingerprint density at radius 3 is 2.55 bits per heavy atom. The molecule has 1 aromatic rings. The van der Waals surface area contributed by atoms with Gasteiger partial charge < -0.3 is 9.64 Å². The van der Waals surface area contributed by atoms with Crippen LogP contribution in [-0.4, -0.2) is 26.2 Å². The third-order valence-corrected chi connectivity index (χ3v) is 3.12. The second-order valence-electron chi connectivity index (χ2n) is 4.70. The topological polar surface area (TPSA) is 53.3 Å². The molecule has 0 saturated heterocycles. The van der Waals surface area contributed by atoms with Crippen LogP contribution in [0.25, 0.3) is 0 Å². The van der Waals surface area contributed by atoms with Gasteiger partial charge in [-0.1, -0.05) is 6.42 Å². The zero-order valence-corrected chi connectivity index (χ0v) is 12.3. The van der Waals surface area contributed by atoms with E-state index in [2.05, 4.69) is 11.0 Å². The highest BCUT2D eigenvalue weighted by atomic mass is 16.5. The monoisotopic (exact) mass is 274 g/mol. The number of anilines is 1. The first-order chi connectivity index (χ1) is 9.67. The predicted octanol–water partition coefficient (Wildman–Crippen LogP) is 3.12. The molecule has 1 aromatic carbocycles. The van der Waals surface area contributed by atoms with Gasteiger partial charge in [0.15, 0.2) is 0 Å². The Balaban J connectivity index is 2.21. The normalized spacial score (nSPS) is 9.85. The first kappa shape index (κ1) is 16.0. The molecule has 0 amide bonds. The van der Waals surface area contributed by atoms with E-state index in [-0.39, 0.29) is 5.97 Å². The molecule has 4 heteroatoms.